The highest BCUT2D eigenvalue weighted by atomic mass is 19.3. The van der Waals surface area contributed by atoms with Crippen molar-refractivity contribution in [2.75, 3.05) is 30.4 Å². The average molecular weight is 562 g/mol. The van der Waals surface area contributed by atoms with Crippen molar-refractivity contribution >= 4 is 29.1 Å². The van der Waals surface area contributed by atoms with Crippen LogP contribution < -0.4 is 20.3 Å². The van der Waals surface area contributed by atoms with Crippen molar-refractivity contribution in [2.24, 2.45) is 7.05 Å². The van der Waals surface area contributed by atoms with Crippen molar-refractivity contribution in [3.05, 3.63) is 36.3 Å². The van der Waals surface area contributed by atoms with Crippen LogP contribution in [0.4, 0.5) is 30.8 Å². The van der Waals surface area contributed by atoms with Crippen LogP contribution in [-0.2, 0) is 7.05 Å². The number of aliphatic hydroxyl groups is 3. The van der Waals surface area contributed by atoms with Crippen LogP contribution in [0.15, 0.2) is 30.6 Å². The maximum atomic E-state index is 13.4. The van der Waals surface area contributed by atoms with Crippen LogP contribution >= 0.6 is 0 Å². The fourth-order valence-electron chi connectivity index (χ4n) is 4.58. The summed E-state index contributed by atoms with van der Waals surface area (Å²) in [6.45, 7) is 0.332. The van der Waals surface area contributed by atoms with E-state index in [2.05, 4.69) is 25.6 Å². The highest BCUT2D eigenvalue weighted by Gasteiger charge is 2.51. The number of rotatable bonds is 8. The number of carbonyl (C=O) groups is 2. The number of nitrogens with zero attached hydrogens (tertiary/aromatic N) is 7. The van der Waals surface area contributed by atoms with Crippen LogP contribution in [0.5, 0.6) is 5.75 Å². The minimum Gasteiger partial charge on any atom is -0.494 e. The Morgan fingerprint density at radius 2 is 1.93 bits per heavy atom. The molecule has 5 N–H and O–H groups in total. The van der Waals surface area contributed by atoms with E-state index in [-0.39, 0.29) is 30.3 Å². The smallest absolute Gasteiger partial charge is 0.369 e. The zero-order chi connectivity index (χ0) is 28.8. The lowest BCUT2D eigenvalue weighted by molar-refractivity contribution is -0.323. The summed E-state index contributed by atoms with van der Waals surface area (Å²) >= 11 is 0. The predicted molar refractivity (Wildman–Crippen MR) is 133 cm³/mol. The Kier molecular flexibility index (Phi) is 6.72. The Hall–Kier alpha value is -4.48. The van der Waals surface area contributed by atoms with Gasteiger partial charge in [-0.2, -0.15) is 5.10 Å². The molecule has 0 atom stereocenters. The van der Waals surface area contributed by atoms with E-state index < -0.39 is 48.5 Å². The molecule has 3 aromatic rings. The van der Waals surface area contributed by atoms with Crippen molar-refractivity contribution in [2.45, 2.75) is 30.9 Å². The van der Waals surface area contributed by atoms with Gasteiger partial charge in [0, 0.05) is 45.1 Å². The molecule has 1 aliphatic carbocycles. The summed E-state index contributed by atoms with van der Waals surface area (Å²) in [5, 5.41) is 44.3. The van der Waals surface area contributed by atoms with Gasteiger partial charge in [-0.05, 0) is 12.1 Å². The zero-order valence-electron chi connectivity index (χ0n) is 21.2. The third-order valence-electron chi connectivity index (χ3n) is 6.43. The number of ether oxygens (including phenoxy) is 1. The number of urea groups is 1. The summed E-state index contributed by atoms with van der Waals surface area (Å²) in [6, 6.07) is 5.16. The molecule has 15 nitrogen and oxygen atoms in total. The molecule has 212 valence electrons. The number of nitrogens with one attached hydrogen (secondary N) is 2. The molecule has 1 saturated carbocycles. The van der Waals surface area contributed by atoms with Crippen molar-refractivity contribution in [1.29, 1.82) is 0 Å². The van der Waals surface area contributed by atoms with Crippen molar-refractivity contribution in [3.8, 4) is 17.1 Å². The van der Waals surface area contributed by atoms with Crippen molar-refractivity contribution in [3.63, 3.8) is 0 Å². The second-order valence-corrected chi connectivity index (χ2v) is 9.35. The molecular formula is C23H25F2N9O6. The van der Waals surface area contributed by atoms with E-state index in [0.29, 0.717) is 17.1 Å². The quantitative estimate of drug-likeness (QED) is 0.239. The molecule has 3 heterocycles. The molecule has 2 aliphatic rings. The first kappa shape index (κ1) is 27.1. The van der Waals surface area contributed by atoms with Crippen LogP contribution in [-0.4, -0.2) is 95.4 Å². The number of amides is 3. The van der Waals surface area contributed by atoms with Gasteiger partial charge in [0.05, 0.1) is 24.0 Å². The minimum atomic E-state index is -3.55. The fraction of sp³-hybridized carbons (Fsp3) is 0.391. The van der Waals surface area contributed by atoms with E-state index in [9.17, 15) is 33.7 Å². The van der Waals surface area contributed by atoms with Gasteiger partial charge in [0.2, 0.25) is 0 Å². The zero-order valence-corrected chi connectivity index (χ0v) is 21.2. The van der Waals surface area contributed by atoms with Gasteiger partial charge >= 0.3 is 12.1 Å². The summed E-state index contributed by atoms with van der Waals surface area (Å²) < 4.78 is 33.9. The van der Waals surface area contributed by atoms with E-state index >= 15 is 0 Å². The Bertz CT molecular complexity index is 1450. The van der Waals surface area contributed by atoms with E-state index in [1.54, 1.807) is 30.6 Å². The molecule has 2 fully saturated rings. The number of hydrogen-bond donors (Lipinski definition) is 5. The average Bonchev–Trinajstić information content (AvgIpc) is 3.46. The van der Waals surface area contributed by atoms with Gasteiger partial charge in [-0.25, -0.2) is 18.6 Å². The van der Waals surface area contributed by atoms with E-state index in [0.717, 1.165) is 0 Å². The molecule has 5 rings (SSSR count). The maximum absolute atomic E-state index is 13.4. The second kappa shape index (κ2) is 9.92. The lowest BCUT2D eigenvalue weighted by Crippen LogP contribution is -2.52. The number of benzene rings is 1. The summed E-state index contributed by atoms with van der Waals surface area (Å²) in [5.41, 5.74) is 0.285. The van der Waals surface area contributed by atoms with Crippen LogP contribution in [0.1, 0.15) is 23.3 Å². The highest BCUT2D eigenvalue weighted by Crippen LogP contribution is 2.42. The number of aryl methyl sites for hydroxylation is 1. The molecular weight excluding hydrogens is 536 g/mol. The van der Waals surface area contributed by atoms with Gasteiger partial charge in [-0.15, -0.1) is 10.2 Å². The number of methoxy groups -OCH3 is 1. The number of anilines is 3. The SMILES string of the molecule is COc1c(Nc2cc(N3CCN(C4CC(F)(F)C4)C3=O)nnc2C(=O)NC(O)(O)O)cccc1-c1ncn(C)n1. The molecule has 3 amide bonds. The summed E-state index contributed by atoms with van der Waals surface area (Å²) in [5.74, 6) is -3.38. The number of carbonyl (C=O) groups excluding carboxylic acids is 2. The topological polar surface area (TPSA) is 191 Å². The summed E-state index contributed by atoms with van der Waals surface area (Å²) in [7, 11) is 3.11. The van der Waals surface area contributed by atoms with Gasteiger partial charge in [-0.3, -0.25) is 19.7 Å². The minimum absolute atomic E-state index is 0.00223. The Morgan fingerprint density at radius 3 is 2.55 bits per heavy atom. The molecule has 0 bridgehead atoms. The van der Waals surface area contributed by atoms with Gasteiger partial charge in [0.1, 0.15) is 6.33 Å². The van der Waals surface area contributed by atoms with Crippen LogP contribution in [0.25, 0.3) is 11.4 Å². The standard InChI is InChI=1S/C23H25F2N9O6/c1-32-11-26-19(31-32)13-4-3-5-14(18(13)40-2)27-15-8-16(29-30-17(15)20(35)28-23(37,38)39)34-7-6-33(21(34)36)12-9-22(24,25)10-12/h3-5,8,11-12,37-39H,6-7,9-10H2,1-2H3,(H,27,29)(H,28,35). The molecule has 0 spiro atoms. The third kappa shape index (κ3) is 5.33. The van der Waals surface area contributed by atoms with Gasteiger partial charge in [-0.1, -0.05) is 6.07 Å². The number of hydrogen-bond acceptors (Lipinski definition) is 11. The van der Waals surface area contributed by atoms with Crippen LogP contribution in [0.3, 0.4) is 0 Å². The predicted octanol–water partition coefficient (Wildman–Crippen LogP) is 0.382. The lowest BCUT2D eigenvalue weighted by atomic mass is 9.87. The first-order chi connectivity index (χ1) is 18.8. The Morgan fingerprint density at radius 1 is 1.18 bits per heavy atom. The van der Waals surface area contributed by atoms with E-state index in [1.807, 2.05) is 0 Å². The fourth-order valence-corrected chi connectivity index (χ4v) is 4.58. The van der Waals surface area contributed by atoms with Gasteiger partial charge < -0.3 is 30.3 Å². The number of alkyl halides is 2. The van der Waals surface area contributed by atoms with Crippen molar-refractivity contribution < 1.29 is 38.4 Å². The molecule has 1 aliphatic heterocycles. The number of halogens is 2. The Balaban J connectivity index is 1.50. The third-order valence-corrected chi connectivity index (χ3v) is 6.43. The Labute approximate surface area is 225 Å². The monoisotopic (exact) mass is 561 g/mol. The molecule has 40 heavy (non-hydrogen) atoms. The second-order valence-electron chi connectivity index (χ2n) is 9.35. The van der Waals surface area contributed by atoms with Crippen LogP contribution in [0, 0.1) is 0 Å². The first-order valence-electron chi connectivity index (χ1n) is 12.0. The highest BCUT2D eigenvalue weighted by molar-refractivity contribution is 6.00. The lowest BCUT2D eigenvalue weighted by Gasteiger charge is -2.40. The first-order valence-corrected chi connectivity index (χ1v) is 12.0. The van der Waals surface area contributed by atoms with Crippen molar-refractivity contribution in [1.82, 2.24) is 35.2 Å². The van der Waals surface area contributed by atoms with E-state index in [4.69, 9.17) is 4.74 Å². The normalized spacial score (nSPS) is 17.1. The molecule has 0 radical (unpaired) electrons. The summed E-state index contributed by atoms with van der Waals surface area (Å²) in [4.78, 5) is 32.6. The number of para-hydroxylation sites is 1. The molecule has 1 saturated heterocycles. The molecule has 2 aromatic heterocycles. The van der Waals surface area contributed by atoms with Gasteiger partial charge in [0.15, 0.2) is 23.1 Å². The molecule has 1 aromatic carbocycles. The number of aromatic nitrogens is 5. The molecule has 0 unspecified atom stereocenters. The summed E-state index contributed by atoms with van der Waals surface area (Å²) in [6.07, 6.45) is -2.89. The van der Waals surface area contributed by atoms with Gasteiger partial charge in [0.25, 0.3) is 11.8 Å². The van der Waals surface area contributed by atoms with E-state index in [1.165, 1.54) is 34.0 Å². The largest absolute Gasteiger partial charge is 0.494 e. The maximum Gasteiger partial charge on any atom is 0.369 e. The molecule has 17 heteroatoms. The van der Waals surface area contributed by atoms with Crippen LogP contribution in [0.2, 0.25) is 0 Å².